The molecule has 1 amide bonds. The molecular weight excluding hydrogens is 494 g/mol. The van der Waals surface area contributed by atoms with Crippen LogP contribution in [0.2, 0.25) is 5.02 Å². The Labute approximate surface area is 206 Å². The minimum absolute atomic E-state index is 0.0589. The van der Waals surface area contributed by atoms with Gasteiger partial charge in [-0.2, -0.15) is 14.5 Å². The Balaban J connectivity index is 1.40. The standard InChI is InChI=1S/C21H16ClN9O3S/c1-31-9-10(5-15(19(31)33)26-18(32)11-6-23-20(34-2)24-7-11)17-28-21(35-30-17)27-14-4-3-13-12(16(14)22)8-25-29-13/h3-9H,1-2H3,(H,25,29)(H,26,32)(H,27,28,30). The third kappa shape index (κ3) is 4.41. The van der Waals surface area contributed by atoms with Gasteiger partial charge in [0, 0.05) is 48.1 Å². The molecule has 0 saturated carbocycles. The lowest BCUT2D eigenvalue weighted by atomic mass is 10.2. The zero-order valence-electron chi connectivity index (χ0n) is 18.2. The maximum absolute atomic E-state index is 12.6. The Hall–Kier alpha value is -4.36. The van der Waals surface area contributed by atoms with E-state index >= 15 is 0 Å². The van der Waals surface area contributed by atoms with Gasteiger partial charge in [-0.1, -0.05) is 11.6 Å². The summed E-state index contributed by atoms with van der Waals surface area (Å²) in [6, 6.07) is 5.31. The first-order valence-electron chi connectivity index (χ1n) is 10.0. The number of hydrogen-bond acceptors (Lipinski definition) is 10. The van der Waals surface area contributed by atoms with Crippen molar-refractivity contribution in [2.75, 3.05) is 17.7 Å². The molecule has 5 aromatic rings. The molecule has 4 aromatic heterocycles. The summed E-state index contributed by atoms with van der Waals surface area (Å²) in [5.74, 6) is -0.170. The number of ether oxygens (including phenoxy) is 1. The van der Waals surface area contributed by atoms with Gasteiger partial charge in [0.2, 0.25) is 5.13 Å². The third-order valence-corrected chi connectivity index (χ3v) is 6.03. The van der Waals surface area contributed by atoms with E-state index in [0.29, 0.717) is 27.2 Å². The number of nitrogens with one attached hydrogen (secondary N) is 3. The van der Waals surface area contributed by atoms with Gasteiger partial charge in [-0.25, -0.2) is 9.97 Å². The van der Waals surface area contributed by atoms with E-state index < -0.39 is 11.5 Å². The van der Waals surface area contributed by atoms with Gasteiger partial charge in [-0.3, -0.25) is 14.7 Å². The third-order valence-electron chi connectivity index (χ3n) is 4.99. The maximum atomic E-state index is 12.6. The quantitative estimate of drug-likeness (QED) is 0.313. The SMILES string of the molecule is COc1ncc(C(=O)Nc2cc(-c3nsc(Nc4ccc5[nH]ncc5c4Cl)n3)cn(C)c2=O)cn1. The number of aromatic nitrogens is 7. The van der Waals surface area contributed by atoms with E-state index in [-0.39, 0.29) is 17.3 Å². The molecule has 14 heteroatoms. The topological polar surface area (TPSA) is 153 Å². The average molecular weight is 510 g/mol. The number of nitrogens with zero attached hydrogens (tertiary/aromatic N) is 6. The van der Waals surface area contributed by atoms with Gasteiger partial charge >= 0.3 is 6.01 Å². The van der Waals surface area contributed by atoms with Crippen LogP contribution in [0.15, 0.2) is 47.8 Å². The molecule has 0 radical (unpaired) electrons. The first kappa shape index (κ1) is 22.4. The van der Waals surface area contributed by atoms with E-state index in [2.05, 4.69) is 40.2 Å². The second-order valence-corrected chi connectivity index (χ2v) is 8.41. The molecule has 4 heterocycles. The van der Waals surface area contributed by atoms with Crippen LogP contribution in [0.4, 0.5) is 16.5 Å². The number of anilines is 3. The fourth-order valence-corrected chi connectivity index (χ4v) is 4.11. The van der Waals surface area contributed by atoms with Gasteiger partial charge in [0.1, 0.15) is 5.69 Å². The molecule has 176 valence electrons. The molecule has 0 unspecified atom stereocenters. The van der Waals surface area contributed by atoms with Gasteiger partial charge in [0.15, 0.2) is 5.82 Å². The van der Waals surface area contributed by atoms with Crippen LogP contribution in [0, 0.1) is 0 Å². The van der Waals surface area contributed by atoms with Crippen LogP contribution in [-0.4, -0.2) is 47.1 Å². The van der Waals surface area contributed by atoms with E-state index in [9.17, 15) is 9.59 Å². The first-order valence-corrected chi connectivity index (χ1v) is 11.2. The predicted molar refractivity (Wildman–Crippen MR) is 132 cm³/mol. The van der Waals surface area contributed by atoms with Crippen molar-refractivity contribution in [3.8, 4) is 17.4 Å². The van der Waals surface area contributed by atoms with Crippen LogP contribution >= 0.6 is 23.1 Å². The van der Waals surface area contributed by atoms with Gasteiger partial charge in [0.25, 0.3) is 11.5 Å². The minimum Gasteiger partial charge on any atom is -0.467 e. The predicted octanol–water partition coefficient (Wildman–Crippen LogP) is 3.23. The number of rotatable bonds is 6. The molecule has 0 aliphatic heterocycles. The molecule has 0 bridgehead atoms. The molecule has 0 aliphatic rings. The molecule has 1 aromatic carbocycles. The summed E-state index contributed by atoms with van der Waals surface area (Å²) in [4.78, 5) is 37.5. The van der Waals surface area contributed by atoms with Gasteiger partial charge in [-0.15, -0.1) is 0 Å². The van der Waals surface area contributed by atoms with Crippen molar-refractivity contribution in [1.82, 2.24) is 34.1 Å². The Morgan fingerprint density at radius 1 is 1.20 bits per heavy atom. The summed E-state index contributed by atoms with van der Waals surface area (Å²) < 4.78 is 10.6. The van der Waals surface area contributed by atoms with Crippen molar-refractivity contribution in [3.05, 3.63) is 63.9 Å². The largest absolute Gasteiger partial charge is 0.467 e. The highest BCUT2D eigenvalue weighted by atomic mass is 35.5. The van der Waals surface area contributed by atoms with Crippen molar-refractivity contribution < 1.29 is 9.53 Å². The maximum Gasteiger partial charge on any atom is 0.316 e. The zero-order chi connectivity index (χ0) is 24.5. The second-order valence-electron chi connectivity index (χ2n) is 7.28. The lowest BCUT2D eigenvalue weighted by molar-refractivity contribution is 0.102. The number of fused-ring (bicyclic) bond motifs is 1. The Morgan fingerprint density at radius 2 is 2.00 bits per heavy atom. The van der Waals surface area contributed by atoms with E-state index in [1.807, 2.05) is 12.1 Å². The van der Waals surface area contributed by atoms with Crippen molar-refractivity contribution in [2.24, 2.45) is 7.05 Å². The number of benzene rings is 1. The number of methoxy groups -OCH3 is 1. The highest BCUT2D eigenvalue weighted by molar-refractivity contribution is 7.10. The van der Waals surface area contributed by atoms with Crippen LogP contribution in [0.1, 0.15) is 10.4 Å². The molecule has 0 fully saturated rings. The normalized spacial score (nSPS) is 10.9. The number of aromatic amines is 1. The van der Waals surface area contributed by atoms with Crippen molar-refractivity contribution in [3.63, 3.8) is 0 Å². The summed E-state index contributed by atoms with van der Waals surface area (Å²) >= 11 is 7.60. The van der Waals surface area contributed by atoms with Gasteiger partial charge in [-0.05, 0) is 18.2 Å². The highest BCUT2D eigenvalue weighted by Gasteiger charge is 2.16. The molecule has 0 atom stereocenters. The van der Waals surface area contributed by atoms with Crippen LogP contribution in [-0.2, 0) is 7.05 Å². The number of H-pyrrole nitrogens is 1. The summed E-state index contributed by atoms with van der Waals surface area (Å²) in [5.41, 5.74) is 1.84. The fraction of sp³-hybridized carbons (Fsp3) is 0.0952. The van der Waals surface area contributed by atoms with Crippen molar-refractivity contribution in [1.29, 1.82) is 0 Å². The Morgan fingerprint density at radius 3 is 2.77 bits per heavy atom. The van der Waals surface area contributed by atoms with Gasteiger partial charge in [0.05, 0.1) is 35.1 Å². The minimum atomic E-state index is -0.542. The van der Waals surface area contributed by atoms with Crippen molar-refractivity contribution >= 4 is 56.4 Å². The van der Waals surface area contributed by atoms with E-state index in [0.717, 1.165) is 22.4 Å². The molecular formula is C21H16ClN9O3S. The zero-order valence-corrected chi connectivity index (χ0v) is 19.8. The second kappa shape index (κ2) is 9.12. The monoisotopic (exact) mass is 509 g/mol. The molecule has 35 heavy (non-hydrogen) atoms. The summed E-state index contributed by atoms with van der Waals surface area (Å²) in [6.07, 6.45) is 5.85. The Bertz CT molecular complexity index is 1610. The van der Waals surface area contributed by atoms with Crippen LogP contribution in [0.25, 0.3) is 22.3 Å². The smallest absolute Gasteiger partial charge is 0.316 e. The summed E-state index contributed by atoms with van der Waals surface area (Å²) in [5, 5.41) is 14.4. The molecule has 12 nitrogen and oxygen atoms in total. The number of halogens is 1. The number of carbonyl (C=O) groups is 1. The van der Waals surface area contributed by atoms with Crippen LogP contribution in [0.3, 0.4) is 0 Å². The van der Waals surface area contributed by atoms with Crippen LogP contribution < -0.4 is 20.9 Å². The molecule has 0 saturated heterocycles. The number of aryl methyl sites for hydroxylation is 1. The number of pyridine rings is 1. The molecule has 0 aliphatic carbocycles. The summed E-state index contributed by atoms with van der Waals surface area (Å²) in [7, 11) is 2.99. The molecule has 0 spiro atoms. The number of carbonyl (C=O) groups excluding carboxylic acids is 1. The highest BCUT2D eigenvalue weighted by Crippen LogP contribution is 2.33. The molecule has 3 N–H and O–H groups in total. The Kier molecular flexibility index (Phi) is 5.84. The number of hydrogen-bond donors (Lipinski definition) is 3. The lowest BCUT2D eigenvalue weighted by Gasteiger charge is -2.08. The molecule has 5 rings (SSSR count). The van der Waals surface area contributed by atoms with Crippen molar-refractivity contribution in [2.45, 2.75) is 0 Å². The summed E-state index contributed by atoms with van der Waals surface area (Å²) in [6.45, 7) is 0. The van der Waals surface area contributed by atoms with Gasteiger partial charge < -0.3 is 19.9 Å². The average Bonchev–Trinajstić information content (AvgIpc) is 3.54. The fourth-order valence-electron chi connectivity index (χ4n) is 3.24. The lowest BCUT2D eigenvalue weighted by Crippen LogP contribution is -2.24. The first-order chi connectivity index (χ1) is 16.9. The van der Waals surface area contributed by atoms with E-state index in [4.69, 9.17) is 16.3 Å². The number of amides is 1. The van der Waals surface area contributed by atoms with E-state index in [1.165, 1.54) is 30.1 Å². The van der Waals surface area contributed by atoms with E-state index in [1.54, 1.807) is 19.4 Å². The van der Waals surface area contributed by atoms with Crippen LogP contribution in [0.5, 0.6) is 6.01 Å².